The van der Waals surface area contributed by atoms with E-state index in [1.807, 2.05) is 12.1 Å². The molecule has 0 aliphatic carbocycles. The monoisotopic (exact) mass is 287 g/mol. The molecule has 0 saturated carbocycles. The Morgan fingerprint density at radius 2 is 2.00 bits per heavy atom. The lowest BCUT2D eigenvalue weighted by atomic mass is 10.0. The van der Waals surface area contributed by atoms with E-state index < -0.39 is 0 Å². The van der Waals surface area contributed by atoms with Gasteiger partial charge in [-0.2, -0.15) is 0 Å². The Balaban J connectivity index is 1.51. The van der Waals surface area contributed by atoms with Crippen LogP contribution >= 0.6 is 0 Å². The normalized spacial score (nSPS) is 26.6. The number of hydrogen-bond donors (Lipinski definition) is 2. The lowest BCUT2D eigenvalue weighted by Crippen LogP contribution is -2.38. The van der Waals surface area contributed by atoms with Gasteiger partial charge in [0.15, 0.2) is 0 Å². The average Bonchev–Trinajstić information content (AvgIpc) is 2.99. The lowest BCUT2D eigenvalue weighted by molar-refractivity contribution is -0.122. The van der Waals surface area contributed by atoms with Gasteiger partial charge in [-0.15, -0.1) is 0 Å². The molecular formula is C17H25N3O. The van der Waals surface area contributed by atoms with Crippen molar-refractivity contribution in [1.29, 1.82) is 0 Å². The van der Waals surface area contributed by atoms with Crippen LogP contribution in [0.5, 0.6) is 0 Å². The number of nitrogens with one attached hydrogen (secondary N) is 2. The summed E-state index contributed by atoms with van der Waals surface area (Å²) < 4.78 is 0. The quantitative estimate of drug-likeness (QED) is 0.878. The highest BCUT2D eigenvalue weighted by Crippen LogP contribution is 2.26. The fourth-order valence-corrected chi connectivity index (χ4v) is 3.72. The topological polar surface area (TPSA) is 44.4 Å². The number of carbonyl (C=O) groups excluding carboxylic acids is 1. The Morgan fingerprint density at radius 3 is 2.67 bits per heavy atom. The predicted octanol–water partition coefficient (Wildman–Crippen LogP) is 1.32. The lowest BCUT2D eigenvalue weighted by Gasteiger charge is -2.20. The summed E-state index contributed by atoms with van der Waals surface area (Å²) in [6, 6.07) is 8.31. The first kappa shape index (κ1) is 14.5. The molecule has 114 valence electrons. The maximum atomic E-state index is 12.2. The maximum Gasteiger partial charge on any atom is 0.234 e. The fourth-order valence-electron chi connectivity index (χ4n) is 3.72. The average molecular weight is 287 g/mol. The molecular weight excluding hydrogens is 262 g/mol. The molecule has 2 fully saturated rings. The van der Waals surface area contributed by atoms with Gasteiger partial charge in [0, 0.05) is 13.1 Å². The van der Waals surface area contributed by atoms with Crippen molar-refractivity contribution in [2.45, 2.75) is 19.9 Å². The number of rotatable bonds is 4. The van der Waals surface area contributed by atoms with Crippen LogP contribution in [0.2, 0.25) is 0 Å². The smallest absolute Gasteiger partial charge is 0.234 e. The van der Waals surface area contributed by atoms with Crippen molar-refractivity contribution < 1.29 is 4.79 Å². The second-order valence-corrected chi connectivity index (χ2v) is 6.52. The number of carbonyl (C=O) groups is 1. The van der Waals surface area contributed by atoms with Crippen molar-refractivity contribution in [3.05, 3.63) is 35.4 Å². The molecule has 1 amide bonds. The molecule has 2 aliphatic heterocycles. The Bertz CT molecular complexity index is 505. The van der Waals surface area contributed by atoms with Crippen molar-refractivity contribution >= 4 is 5.91 Å². The molecule has 2 N–H and O–H groups in total. The Kier molecular flexibility index (Phi) is 4.27. The van der Waals surface area contributed by atoms with Gasteiger partial charge >= 0.3 is 0 Å². The van der Waals surface area contributed by atoms with Crippen LogP contribution < -0.4 is 10.6 Å². The van der Waals surface area contributed by atoms with E-state index in [0.29, 0.717) is 6.54 Å². The zero-order valence-corrected chi connectivity index (χ0v) is 12.9. The van der Waals surface area contributed by atoms with Crippen LogP contribution in [-0.4, -0.2) is 43.5 Å². The third-order valence-corrected chi connectivity index (χ3v) is 4.86. The largest absolute Gasteiger partial charge is 0.348 e. The Labute approximate surface area is 126 Å². The number of aryl methyl sites for hydroxylation is 1. The molecule has 2 saturated heterocycles. The molecule has 4 nitrogen and oxygen atoms in total. The van der Waals surface area contributed by atoms with E-state index in [-0.39, 0.29) is 11.9 Å². The summed E-state index contributed by atoms with van der Waals surface area (Å²) in [6.07, 6.45) is 0. The van der Waals surface area contributed by atoms with Crippen LogP contribution in [0.3, 0.4) is 0 Å². The van der Waals surface area contributed by atoms with Crippen LogP contribution in [-0.2, 0) is 4.79 Å². The van der Waals surface area contributed by atoms with Crippen LogP contribution in [0, 0.1) is 18.8 Å². The minimum absolute atomic E-state index is 0.0717. The molecule has 1 unspecified atom stereocenters. The van der Waals surface area contributed by atoms with Gasteiger partial charge in [-0.1, -0.05) is 24.3 Å². The molecule has 1 aromatic rings. The third-order valence-electron chi connectivity index (χ3n) is 4.86. The van der Waals surface area contributed by atoms with Gasteiger partial charge in [0.1, 0.15) is 0 Å². The summed E-state index contributed by atoms with van der Waals surface area (Å²) in [7, 11) is 0. The number of nitrogens with zero attached hydrogens (tertiary/aromatic N) is 1. The van der Waals surface area contributed by atoms with Crippen molar-refractivity contribution in [2.75, 3.05) is 32.7 Å². The van der Waals surface area contributed by atoms with E-state index in [1.54, 1.807) is 0 Å². The Hall–Kier alpha value is -1.39. The number of likely N-dealkylation sites (tertiary alicyclic amines) is 1. The molecule has 2 aliphatic rings. The molecule has 21 heavy (non-hydrogen) atoms. The standard InChI is InChI=1S/C17H25N3O/c1-12-5-3-4-6-16(12)13(2)19-17(21)11-20-9-14-7-18-8-15(14)10-20/h3-6,13-15,18H,7-11H2,1-2H3,(H,19,21)/t13?,14-,15+. The minimum Gasteiger partial charge on any atom is -0.348 e. The van der Waals surface area contributed by atoms with Crippen molar-refractivity contribution in [3.8, 4) is 0 Å². The summed E-state index contributed by atoms with van der Waals surface area (Å²) in [5.41, 5.74) is 2.43. The first-order valence-electron chi connectivity index (χ1n) is 7.91. The molecule has 0 bridgehead atoms. The highest BCUT2D eigenvalue weighted by Gasteiger charge is 2.36. The van der Waals surface area contributed by atoms with E-state index in [1.165, 1.54) is 11.1 Å². The Morgan fingerprint density at radius 1 is 1.33 bits per heavy atom. The number of benzene rings is 1. The second-order valence-electron chi connectivity index (χ2n) is 6.52. The second kappa shape index (κ2) is 6.16. The van der Waals surface area contributed by atoms with Gasteiger partial charge in [0.25, 0.3) is 0 Å². The van der Waals surface area contributed by atoms with Gasteiger partial charge in [-0.3, -0.25) is 9.69 Å². The SMILES string of the molecule is Cc1ccccc1C(C)NC(=O)CN1C[C@H]2CNC[C@H]2C1. The van der Waals surface area contributed by atoms with Crippen molar-refractivity contribution in [3.63, 3.8) is 0 Å². The molecule has 2 heterocycles. The summed E-state index contributed by atoms with van der Waals surface area (Å²) in [5, 5.41) is 6.56. The molecule has 3 atom stereocenters. The van der Waals surface area contributed by atoms with Gasteiger partial charge in [-0.25, -0.2) is 0 Å². The van der Waals surface area contributed by atoms with Gasteiger partial charge in [0.2, 0.25) is 5.91 Å². The first-order valence-corrected chi connectivity index (χ1v) is 7.91. The summed E-state index contributed by atoms with van der Waals surface area (Å²) >= 11 is 0. The van der Waals surface area contributed by atoms with Crippen LogP contribution in [0.1, 0.15) is 24.1 Å². The zero-order chi connectivity index (χ0) is 14.8. The summed E-state index contributed by atoms with van der Waals surface area (Å²) in [6.45, 7) is 9.03. The van der Waals surface area contributed by atoms with E-state index >= 15 is 0 Å². The fraction of sp³-hybridized carbons (Fsp3) is 0.588. The highest BCUT2D eigenvalue weighted by atomic mass is 16.2. The van der Waals surface area contributed by atoms with Crippen LogP contribution in [0.25, 0.3) is 0 Å². The molecule has 3 rings (SSSR count). The van der Waals surface area contributed by atoms with Crippen LogP contribution in [0.4, 0.5) is 0 Å². The number of hydrogen-bond acceptors (Lipinski definition) is 3. The summed E-state index contributed by atoms with van der Waals surface area (Å²) in [4.78, 5) is 14.5. The first-order chi connectivity index (χ1) is 10.1. The molecule has 0 radical (unpaired) electrons. The van der Waals surface area contributed by atoms with Gasteiger partial charge in [-0.05, 0) is 49.9 Å². The third kappa shape index (κ3) is 3.27. The predicted molar refractivity (Wildman–Crippen MR) is 84.0 cm³/mol. The van der Waals surface area contributed by atoms with Gasteiger partial charge in [0.05, 0.1) is 12.6 Å². The van der Waals surface area contributed by atoms with Gasteiger partial charge < -0.3 is 10.6 Å². The minimum atomic E-state index is 0.0717. The van der Waals surface area contributed by atoms with E-state index in [9.17, 15) is 4.79 Å². The van der Waals surface area contributed by atoms with E-state index in [2.05, 4.69) is 41.5 Å². The van der Waals surface area contributed by atoms with E-state index in [4.69, 9.17) is 0 Å². The molecule has 0 spiro atoms. The van der Waals surface area contributed by atoms with Crippen LogP contribution in [0.15, 0.2) is 24.3 Å². The molecule has 1 aromatic carbocycles. The maximum absolute atomic E-state index is 12.2. The highest BCUT2D eigenvalue weighted by molar-refractivity contribution is 5.78. The zero-order valence-electron chi connectivity index (χ0n) is 12.9. The van der Waals surface area contributed by atoms with Crippen molar-refractivity contribution in [1.82, 2.24) is 15.5 Å². The van der Waals surface area contributed by atoms with E-state index in [0.717, 1.165) is 38.0 Å². The van der Waals surface area contributed by atoms with Crippen molar-refractivity contribution in [2.24, 2.45) is 11.8 Å². The molecule has 0 aromatic heterocycles. The number of amides is 1. The molecule has 4 heteroatoms. The number of fused-ring (bicyclic) bond motifs is 1. The summed E-state index contributed by atoms with van der Waals surface area (Å²) in [5.74, 6) is 1.62.